The standard InChI is InChI=1S/C50H80O28/c1-18-11-49-9-5-24-47(2,7-4-8-48(24,3)46(68)77-44-34(64)29(59)27(57)20(13-52)70-44)25(49)6-10-50(18,17-49)78-45-37(67)32(62)40(23(16-55)73-45)76-43-36(66)31(61)39(22(15-54)72-43)75-42-35(65)30(60)38(21(14-53)71-42)74-41-33(63)28(58)26(56)19(12-51)69-41/h19-45,51-67H,1,4-17H2,2-3H3/t19-,20-,21-,22-,23-,24+,25+,26-,27-,28+,29+,30-,31-,32-,33-,34-,35-,36-,37-,38-,39-,40-,41-,42-,43-,44+,45+,47-,48-,49-,50+/m1/s1. The van der Waals surface area contributed by atoms with E-state index in [0.717, 1.165) is 12.0 Å². The first-order valence-corrected chi connectivity index (χ1v) is 26.9. The predicted octanol–water partition coefficient (Wildman–Crippen LogP) is -7.29. The number of aliphatic hydroxyl groups is 17. The monoisotopic (exact) mass is 1130 g/mol. The van der Waals surface area contributed by atoms with E-state index < -0.39 is 209 Å². The second-order valence-corrected chi connectivity index (χ2v) is 23.6. The fourth-order valence-corrected chi connectivity index (χ4v) is 15.0. The molecule has 5 aliphatic heterocycles. The summed E-state index contributed by atoms with van der Waals surface area (Å²) in [6.45, 7) is 4.31. The van der Waals surface area contributed by atoms with Crippen LogP contribution in [0.15, 0.2) is 12.2 Å². The maximum absolute atomic E-state index is 14.2. The molecule has 5 heterocycles. The minimum atomic E-state index is -2.07. The van der Waals surface area contributed by atoms with Crippen LogP contribution in [0.1, 0.15) is 71.6 Å². The lowest BCUT2D eigenvalue weighted by molar-refractivity contribution is -0.390. The largest absolute Gasteiger partial charge is 0.432 e. The molecular formula is C50H80O28. The molecule has 0 aromatic heterocycles. The average Bonchev–Trinajstić information content (AvgIpc) is 3.80. The maximum atomic E-state index is 14.2. The molecule has 9 rings (SSSR count). The van der Waals surface area contributed by atoms with Crippen LogP contribution in [0.5, 0.6) is 0 Å². The number of hydrogen-bond donors (Lipinski definition) is 17. The smallest absolute Gasteiger partial charge is 0.314 e. The Morgan fingerprint density at radius 2 is 0.885 bits per heavy atom. The second-order valence-electron chi connectivity index (χ2n) is 23.6. The van der Waals surface area contributed by atoms with Gasteiger partial charge in [0, 0.05) is 0 Å². The normalized spacial score (nSPS) is 54.5. The molecule has 0 aromatic rings. The van der Waals surface area contributed by atoms with Gasteiger partial charge in [0.1, 0.15) is 122 Å². The van der Waals surface area contributed by atoms with Gasteiger partial charge in [-0.15, -0.1) is 0 Å². The number of fused-ring (bicyclic) bond motifs is 3. The van der Waals surface area contributed by atoms with Crippen molar-refractivity contribution in [1.82, 2.24) is 0 Å². The van der Waals surface area contributed by atoms with Crippen LogP contribution < -0.4 is 0 Å². The first-order valence-electron chi connectivity index (χ1n) is 26.9. The summed E-state index contributed by atoms with van der Waals surface area (Å²) in [5, 5.41) is 181. The number of aliphatic hydroxyl groups excluding tert-OH is 17. The predicted molar refractivity (Wildman–Crippen MR) is 252 cm³/mol. The van der Waals surface area contributed by atoms with E-state index in [9.17, 15) is 91.6 Å². The Morgan fingerprint density at radius 3 is 1.36 bits per heavy atom. The molecule has 9 aliphatic rings. The van der Waals surface area contributed by atoms with Gasteiger partial charge in [-0.1, -0.05) is 19.9 Å². The van der Waals surface area contributed by atoms with Crippen molar-refractivity contribution in [3.05, 3.63) is 12.2 Å². The Morgan fingerprint density at radius 1 is 0.487 bits per heavy atom. The summed E-state index contributed by atoms with van der Waals surface area (Å²) in [7, 11) is 0. The summed E-state index contributed by atoms with van der Waals surface area (Å²) < 4.78 is 58.1. The Labute approximate surface area is 448 Å². The lowest BCUT2D eigenvalue weighted by atomic mass is 9.41. The highest BCUT2D eigenvalue weighted by Gasteiger charge is 2.70. The summed E-state index contributed by atoms with van der Waals surface area (Å²) in [4.78, 5) is 14.2. The molecule has 31 atom stereocenters. The van der Waals surface area contributed by atoms with E-state index in [-0.39, 0.29) is 17.3 Å². The Balaban J connectivity index is 0.823. The fourth-order valence-electron chi connectivity index (χ4n) is 15.0. The van der Waals surface area contributed by atoms with Crippen LogP contribution in [0.2, 0.25) is 0 Å². The van der Waals surface area contributed by atoms with Crippen molar-refractivity contribution in [2.24, 2.45) is 28.1 Å². The van der Waals surface area contributed by atoms with Crippen molar-refractivity contribution in [2.75, 3.05) is 33.0 Å². The van der Waals surface area contributed by atoms with Gasteiger partial charge in [0.2, 0.25) is 6.29 Å². The molecule has 17 N–H and O–H groups in total. The molecule has 78 heavy (non-hydrogen) atoms. The first-order chi connectivity index (χ1) is 36.9. The van der Waals surface area contributed by atoms with Crippen molar-refractivity contribution in [3.8, 4) is 0 Å². The minimum Gasteiger partial charge on any atom is -0.432 e. The molecule has 5 saturated heterocycles. The molecular weight excluding hydrogens is 1050 g/mol. The molecule has 28 heteroatoms. The Hall–Kier alpha value is -1.83. The van der Waals surface area contributed by atoms with Crippen LogP contribution in [0.3, 0.4) is 0 Å². The number of hydrogen-bond acceptors (Lipinski definition) is 28. The quantitative estimate of drug-likeness (QED) is 0.0411. The molecule has 2 bridgehead atoms. The van der Waals surface area contributed by atoms with E-state index in [1.54, 1.807) is 0 Å². The van der Waals surface area contributed by atoms with Gasteiger partial charge in [0.15, 0.2) is 25.2 Å². The molecule has 9 fully saturated rings. The molecule has 0 amide bonds. The van der Waals surface area contributed by atoms with Gasteiger partial charge >= 0.3 is 5.97 Å². The van der Waals surface area contributed by atoms with E-state index in [2.05, 4.69) is 13.5 Å². The van der Waals surface area contributed by atoms with Gasteiger partial charge in [-0.3, -0.25) is 4.79 Å². The third kappa shape index (κ3) is 10.3. The van der Waals surface area contributed by atoms with E-state index in [1.807, 2.05) is 6.92 Å². The van der Waals surface area contributed by atoms with Crippen LogP contribution in [-0.4, -0.2) is 285 Å². The molecule has 28 nitrogen and oxygen atoms in total. The molecule has 4 aliphatic carbocycles. The summed E-state index contributed by atoms with van der Waals surface area (Å²) in [5.74, 6) is -0.724. The lowest BCUT2D eigenvalue weighted by Crippen LogP contribution is -2.67. The molecule has 448 valence electrons. The summed E-state index contributed by atoms with van der Waals surface area (Å²) in [5.41, 5.74) is -2.07. The molecule has 0 aromatic carbocycles. The maximum Gasteiger partial charge on any atom is 0.314 e. The highest BCUT2D eigenvalue weighted by atomic mass is 16.8. The van der Waals surface area contributed by atoms with Gasteiger partial charge in [-0.05, 0) is 86.5 Å². The molecule has 0 unspecified atom stereocenters. The van der Waals surface area contributed by atoms with E-state index in [0.29, 0.717) is 51.4 Å². The topological polar surface area (TPSA) is 453 Å². The van der Waals surface area contributed by atoms with Crippen LogP contribution >= 0.6 is 0 Å². The number of ether oxygens (including phenoxy) is 10. The Kier molecular flexibility index (Phi) is 18.2. The summed E-state index contributed by atoms with van der Waals surface area (Å²) >= 11 is 0. The molecule has 4 saturated carbocycles. The zero-order valence-electron chi connectivity index (χ0n) is 43.3. The van der Waals surface area contributed by atoms with Crippen molar-refractivity contribution < 1.29 is 139 Å². The lowest BCUT2D eigenvalue weighted by Gasteiger charge is -2.64. The average molecular weight is 1130 g/mol. The van der Waals surface area contributed by atoms with Gasteiger partial charge < -0.3 is 134 Å². The van der Waals surface area contributed by atoms with Crippen LogP contribution in [0.4, 0.5) is 0 Å². The highest BCUT2D eigenvalue weighted by Crippen LogP contribution is 2.74. The highest BCUT2D eigenvalue weighted by molar-refractivity contribution is 5.77. The van der Waals surface area contributed by atoms with Crippen LogP contribution in [0, 0.1) is 28.1 Å². The third-order valence-corrected chi connectivity index (χ3v) is 19.2. The van der Waals surface area contributed by atoms with Crippen molar-refractivity contribution in [3.63, 3.8) is 0 Å². The van der Waals surface area contributed by atoms with Crippen LogP contribution in [0.25, 0.3) is 0 Å². The van der Waals surface area contributed by atoms with Gasteiger partial charge in [-0.2, -0.15) is 0 Å². The Bertz CT molecular complexity index is 2070. The van der Waals surface area contributed by atoms with Gasteiger partial charge in [-0.25, -0.2) is 0 Å². The van der Waals surface area contributed by atoms with Crippen LogP contribution in [-0.2, 0) is 52.2 Å². The second kappa shape index (κ2) is 23.3. The summed E-state index contributed by atoms with van der Waals surface area (Å²) in [6.07, 6.45) is -38.5. The fraction of sp³-hybridized carbons (Fsp3) is 0.940. The summed E-state index contributed by atoms with van der Waals surface area (Å²) in [6, 6.07) is 0. The van der Waals surface area contributed by atoms with E-state index >= 15 is 0 Å². The minimum absolute atomic E-state index is 0.0691. The number of rotatable bonds is 15. The van der Waals surface area contributed by atoms with Gasteiger partial charge in [0.05, 0.1) is 44.1 Å². The molecule has 0 radical (unpaired) electrons. The SMILES string of the molecule is C=C1C[C@@]23CC[C@H]4[C@@](C)(CCC[C@@]4(C)C(=O)O[C@@H]4O[C@H](CO)[C@@H](O)[C@H](O)[C@H]4O)[C@@H]2CC[C@]1(O[C@@H]1O[C@H](CO)[C@@H](O[C@H]2O[C@H](CO)[C@@H](O[C@H]4O[C@H](CO)[C@@H](O[C@H]5O[C@H](CO)[C@@H](O)[C@H](O)[C@H]5O)[C@H](O)[C@H]4O)[C@H](O)[C@H]2O)[C@H](O)[C@H]1O)C3. The number of carbonyl (C=O) groups excluding carboxylic acids is 1. The third-order valence-electron chi connectivity index (χ3n) is 19.2. The van der Waals surface area contributed by atoms with E-state index in [4.69, 9.17) is 47.4 Å². The zero-order valence-corrected chi connectivity index (χ0v) is 43.3. The first kappa shape index (κ1) is 60.8. The van der Waals surface area contributed by atoms with Crippen molar-refractivity contribution >= 4 is 5.97 Å². The number of esters is 1. The van der Waals surface area contributed by atoms with Crippen molar-refractivity contribution in [1.29, 1.82) is 0 Å². The van der Waals surface area contributed by atoms with Gasteiger partial charge in [0.25, 0.3) is 0 Å². The van der Waals surface area contributed by atoms with Crippen molar-refractivity contribution in [2.45, 2.75) is 231 Å². The number of carbonyl (C=O) groups is 1. The molecule has 1 spiro atoms. The van der Waals surface area contributed by atoms with E-state index in [1.165, 1.54) is 0 Å². The zero-order chi connectivity index (χ0) is 56.7.